The van der Waals surface area contributed by atoms with Crippen LogP contribution >= 0.6 is 0 Å². The van der Waals surface area contributed by atoms with Crippen molar-refractivity contribution in [2.45, 2.75) is 32.7 Å². The van der Waals surface area contributed by atoms with Gasteiger partial charge in [-0.3, -0.25) is 4.79 Å². The minimum absolute atomic E-state index is 0.0341. The highest BCUT2D eigenvalue weighted by atomic mass is 16.3. The van der Waals surface area contributed by atoms with Crippen LogP contribution in [0.4, 0.5) is 0 Å². The smallest absolute Gasteiger partial charge is 0.233 e. The van der Waals surface area contributed by atoms with E-state index in [1.165, 1.54) is 0 Å². The van der Waals surface area contributed by atoms with Crippen molar-refractivity contribution in [1.29, 1.82) is 0 Å². The van der Waals surface area contributed by atoms with Crippen molar-refractivity contribution in [3.8, 4) is 0 Å². The van der Waals surface area contributed by atoms with E-state index in [0.29, 0.717) is 19.1 Å². The predicted molar refractivity (Wildman–Crippen MR) is 63.2 cm³/mol. The first-order chi connectivity index (χ1) is 7.72. The Bertz CT molecular complexity index is 296. The third-order valence-corrected chi connectivity index (χ3v) is 2.50. The summed E-state index contributed by atoms with van der Waals surface area (Å²) < 4.78 is 5.16. The van der Waals surface area contributed by atoms with Gasteiger partial charge in [-0.25, -0.2) is 0 Å². The maximum atomic E-state index is 11.4. The van der Waals surface area contributed by atoms with E-state index in [0.717, 1.165) is 18.6 Å². The first-order valence-electron chi connectivity index (χ1n) is 5.74. The second-order valence-corrected chi connectivity index (χ2v) is 3.87. The molecule has 4 heteroatoms. The fraction of sp³-hybridized carbons (Fsp3) is 0.583. The molecule has 0 aliphatic carbocycles. The summed E-state index contributed by atoms with van der Waals surface area (Å²) in [6.45, 7) is 5.16. The van der Waals surface area contributed by atoms with Gasteiger partial charge in [-0.2, -0.15) is 0 Å². The van der Waals surface area contributed by atoms with Gasteiger partial charge in [0.1, 0.15) is 5.76 Å². The number of rotatable bonds is 7. The lowest BCUT2D eigenvalue weighted by Gasteiger charge is -2.10. The maximum Gasteiger partial charge on any atom is 0.233 e. The Balaban J connectivity index is 2.06. The summed E-state index contributed by atoms with van der Waals surface area (Å²) in [6.07, 6.45) is 3.41. The minimum atomic E-state index is 0.0341. The van der Waals surface area contributed by atoms with Gasteiger partial charge in [0.15, 0.2) is 0 Å². The predicted octanol–water partition coefficient (Wildman–Crippen LogP) is 1.33. The minimum Gasteiger partial charge on any atom is -0.469 e. The molecular weight excluding hydrogens is 204 g/mol. The first-order valence-corrected chi connectivity index (χ1v) is 5.74. The maximum absolute atomic E-state index is 11.4. The lowest BCUT2D eigenvalue weighted by molar-refractivity contribution is -0.120. The molecule has 16 heavy (non-hydrogen) atoms. The Hall–Kier alpha value is -1.29. The number of carbonyl (C=O) groups excluding carboxylic acids is 1. The molecule has 0 saturated heterocycles. The third-order valence-electron chi connectivity index (χ3n) is 2.50. The van der Waals surface area contributed by atoms with E-state index < -0.39 is 0 Å². The molecule has 1 heterocycles. The van der Waals surface area contributed by atoms with Crippen molar-refractivity contribution < 1.29 is 9.21 Å². The van der Waals surface area contributed by atoms with Gasteiger partial charge in [-0.05, 0) is 25.5 Å². The van der Waals surface area contributed by atoms with Gasteiger partial charge in [0.2, 0.25) is 5.91 Å². The summed E-state index contributed by atoms with van der Waals surface area (Å²) in [4.78, 5) is 11.4. The molecule has 0 bridgehead atoms. The van der Waals surface area contributed by atoms with Crippen LogP contribution in [0.25, 0.3) is 0 Å². The highest BCUT2D eigenvalue weighted by Gasteiger charge is 2.03. The van der Waals surface area contributed by atoms with Gasteiger partial charge >= 0.3 is 0 Å². The van der Waals surface area contributed by atoms with Gasteiger partial charge < -0.3 is 15.1 Å². The molecule has 4 nitrogen and oxygen atoms in total. The van der Waals surface area contributed by atoms with Crippen molar-refractivity contribution >= 4 is 5.91 Å². The van der Waals surface area contributed by atoms with Crippen molar-refractivity contribution in [2.24, 2.45) is 0 Å². The Kier molecular flexibility index (Phi) is 5.64. The molecule has 90 valence electrons. The van der Waals surface area contributed by atoms with E-state index in [9.17, 15) is 4.79 Å². The Morgan fingerprint density at radius 1 is 1.56 bits per heavy atom. The molecule has 0 fully saturated rings. The summed E-state index contributed by atoms with van der Waals surface area (Å²) in [5, 5.41) is 5.98. The van der Waals surface area contributed by atoms with Crippen LogP contribution in [0.15, 0.2) is 22.8 Å². The normalized spacial score (nSPS) is 12.4. The number of hydrogen-bond acceptors (Lipinski definition) is 3. The van der Waals surface area contributed by atoms with E-state index in [1.807, 2.05) is 12.1 Å². The number of amides is 1. The largest absolute Gasteiger partial charge is 0.469 e. The first kappa shape index (κ1) is 12.8. The van der Waals surface area contributed by atoms with Gasteiger partial charge in [-0.15, -0.1) is 0 Å². The zero-order valence-electron chi connectivity index (χ0n) is 9.95. The van der Waals surface area contributed by atoms with Gasteiger partial charge in [0.05, 0.1) is 12.8 Å². The number of carbonyl (C=O) groups is 1. The van der Waals surface area contributed by atoms with Gasteiger partial charge in [0.25, 0.3) is 0 Å². The fourth-order valence-electron chi connectivity index (χ4n) is 1.25. The van der Waals surface area contributed by atoms with Crippen LogP contribution in [0.2, 0.25) is 0 Å². The second-order valence-electron chi connectivity index (χ2n) is 3.87. The lowest BCUT2D eigenvalue weighted by atomic mass is 10.2. The van der Waals surface area contributed by atoms with Crippen molar-refractivity contribution in [3.63, 3.8) is 0 Å². The summed E-state index contributed by atoms with van der Waals surface area (Å²) >= 11 is 0. The summed E-state index contributed by atoms with van der Waals surface area (Å²) in [5.41, 5.74) is 0. The molecule has 0 aliphatic heterocycles. The van der Waals surface area contributed by atoms with Crippen LogP contribution < -0.4 is 10.6 Å². The molecule has 0 spiro atoms. The van der Waals surface area contributed by atoms with E-state index in [2.05, 4.69) is 24.5 Å². The zero-order valence-corrected chi connectivity index (χ0v) is 9.95. The summed E-state index contributed by atoms with van der Waals surface area (Å²) in [5.74, 6) is 0.932. The molecule has 0 radical (unpaired) electrons. The monoisotopic (exact) mass is 224 g/mol. The average molecular weight is 224 g/mol. The zero-order chi connectivity index (χ0) is 11.8. The van der Waals surface area contributed by atoms with E-state index in [-0.39, 0.29) is 5.91 Å². The molecule has 1 atom stereocenters. The molecule has 0 aliphatic rings. The average Bonchev–Trinajstić information content (AvgIpc) is 2.79. The topological polar surface area (TPSA) is 54.3 Å². The van der Waals surface area contributed by atoms with Crippen molar-refractivity contribution in [1.82, 2.24) is 10.6 Å². The molecule has 1 aromatic rings. The molecule has 1 amide bonds. The molecular formula is C12H20N2O2. The number of nitrogens with one attached hydrogen (secondary N) is 2. The molecule has 2 N–H and O–H groups in total. The van der Waals surface area contributed by atoms with Crippen molar-refractivity contribution in [3.05, 3.63) is 24.2 Å². The van der Waals surface area contributed by atoms with Crippen LogP contribution in [-0.4, -0.2) is 25.0 Å². The van der Waals surface area contributed by atoms with Crippen molar-refractivity contribution in [2.75, 3.05) is 13.1 Å². The molecule has 1 aromatic heterocycles. The van der Waals surface area contributed by atoms with E-state index in [4.69, 9.17) is 4.42 Å². The Morgan fingerprint density at radius 3 is 3.00 bits per heavy atom. The second kappa shape index (κ2) is 7.06. The highest BCUT2D eigenvalue weighted by molar-refractivity contribution is 5.77. The fourth-order valence-corrected chi connectivity index (χ4v) is 1.25. The van der Waals surface area contributed by atoms with Crippen LogP contribution in [0.3, 0.4) is 0 Å². The molecule has 1 unspecified atom stereocenters. The molecule has 0 aromatic carbocycles. The molecule has 1 rings (SSSR count). The number of furan rings is 1. The van der Waals surface area contributed by atoms with Crippen LogP contribution in [0.1, 0.15) is 26.0 Å². The summed E-state index contributed by atoms with van der Waals surface area (Å²) in [6, 6.07) is 4.14. The van der Waals surface area contributed by atoms with Crippen LogP contribution in [0.5, 0.6) is 0 Å². The Labute approximate surface area is 96.4 Å². The molecule has 0 saturated carbocycles. The number of hydrogen-bond donors (Lipinski definition) is 2. The summed E-state index contributed by atoms with van der Waals surface area (Å²) in [7, 11) is 0. The van der Waals surface area contributed by atoms with Crippen LogP contribution in [-0.2, 0) is 11.2 Å². The highest BCUT2D eigenvalue weighted by Crippen LogP contribution is 1.99. The van der Waals surface area contributed by atoms with E-state index in [1.54, 1.807) is 6.26 Å². The van der Waals surface area contributed by atoms with Gasteiger partial charge in [0, 0.05) is 19.0 Å². The standard InChI is InChI=1S/C12H20N2O2/c1-3-10(2)14-9-12(15)13-7-6-11-5-4-8-16-11/h4-5,8,10,14H,3,6-7,9H2,1-2H3,(H,13,15). The SMILES string of the molecule is CCC(C)NCC(=O)NCCc1ccco1. The lowest BCUT2D eigenvalue weighted by Crippen LogP contribution is -2.38. The van der Waals surface area contributed by atoms with Crippen LogP contribution in [0, 0.1) is 0 Å². The van der Waals surface area contributed by atoms with E-state index >= 15 is 0 Å². The quantitative estimate of drug-likeness (QED) is 0.734. The third kappa shape index (κ3) is 4.98. The van der Waals surface area contributed by atoms with Gasteiger partial charge in [-0.1, -0.05) is 6.92 Å². The Morgan fingerprint density at radius 2 is 2.38 bits per heavy atom.